The van der Waals surface area contributed by atoms with Crippen LogP contribution >= 0.6 is 0 Å². The molecule has 4 rings (SSSR count). The molecule has 0 aromatic heterocycles. The Balaban J connectivity index is 0.000000493. The van der Waals surface area contributed by atoms with E-state index in [1.165, 1.54) is 216 Å². The zero-order valence-corrected chi connectivity index (χ0v) is 50.9. The molecule has 0 amide bonds. The number of benzene rings is 4. The van der Waals surface area contributed by atoms with Crippen LogP contribution in [-0.2, 0) is 45.9 Å². The molecule has 73 heavy (non-hydrogen) atoms. The summed E-state index contributed by atoms with van der Waals surface area (Å²) in [6.07, 6.45) is 48.8. The molecule has 0 bridgehead atoms. The minimum absolute atomic E-state index is 0. The van der Waals surface area contributed by atoms with E-state index in [1.807, 2.05) is 0 Å². The Hall–Kier alpha value is -1.52. The van der Waals surface area contributed by atoms with Crippen LogP contribution in [0.2, 0.25) is 0 Å². The van der Waals surface area contributed by atoms with Crippen LogP contribution in [0, 0.1) is 0 Å². The molecule has 9 heteroatoms. The predicted octanol–water partition coefficient (Wildman–Crippen LogP) is 19.4. The van der Waals surface area contributed by atoms with Gasteiger partial charge >= 0.3 is 37.7 Å². The summed E-state index contributed by atoms with van der Waals surface area (Å²) in [4.78, 5) is -0.0374. The number of unbranched alkanes of at least 4 members (excludes halogenated alkanes) is 32. The summed E-state index contributed by atoms with van der Waals surface area (Å²) < 4.78 is 72.3. The van der Waals surface area contributed by atoms with Gasteiger partial charge in [0.15, 0.2) is 0 Å². The Morgan fingerprint density at radius 2 is 0.521 bits per heavy atom. The number of rotatable bonds is 42. The fourth-order valence-electron chi connectivity index (χ4n) is 10.6. The summed E-state index contributed by atoms with van der Waals surface area (Å²) in [5.41, 5.74) is 3.97. The molecule has 0 saturated carbocycles. The van der Waals surface area contributed by atoms with Gasteiger partial charge in [0.2, 0.25) is 0 Å². The largest absolute Gasteiger partial charge is 2.00 e. The third-order valence-corrected chi connectivity index (χ3v) is 16.9. The molecule has 0 radical (unpaired) electrons. The van der Waals surface area contributed by atoms with Crippen LogP contribution in [0.3, 0.4) is 0 Å². The minimum Gasteiger partial charge on any atom is -0.744 e. The molecular formula is C64H102CaO6S2. The number of aryl methyl sites for hydroxylation is 4. The topological polar surface area (TPSA) is 114 Å². The maximum atomic E-state index is 12.0. The van der Waals surface area contributed by atoms with Crippen LogP contribution in [0.1, 0.15) is 281 Å². The Kier molecular flexibility index (Phi) is 38.5. The molecule has 0 aliphatic heterocycles. The Bertz CT molecular complexity index is 2100. The summed E-state index contributed by atoms with van der Waals surface area (Å²) >= 11 is 0. The predicted molar refractivity (Wildman–Crippen MR) is 313 cm³/mol. The summed E-state index contributed by atoms with van der Waals surface area (Å²) in [6, 6.07) is 19.5. The standard InChI is InChI=1S/2C32H52O3S.Ca/c2*1-3-5-7-9-11-13-15-17-19-21-28-23-24-29-25-26-32(36(33,34)35)30(31(29)27-28)22-20-18-16-14-12-10-8-6-4-2;/h2*23-27H,3-22H2,1-2H3,(H,33,34,35);/q;;+2/p-2. The van der Waals surface area contributed by atoms with E-state index in [1.54, 1.807) is 12.1 Å². The van der Waals surface area contributed by atoms with E-state index in [0.29, 0.717) is 12.8 Å². The second kappa shape index (κ2) is 41.6. The van der Waals surface area contributed by atoms with E-state index >= 15 is 0 Å². The molecule has 6 nitrogen and oxygen atoms in total. The molecule has 0 N–H and O–H groups in total. The molecule has 0 spiro atoms. The van der Waals surface area contributed by atoms with Gasteiger partial charge in [0.05, 0.1) is 9.79 Å². The van der Waals surface area contributed by atoms with Gasteiger partial charge in [-0.05, 0) is 107 Å². The van der Waals surface area contributed by atoms with Crippen molar-refractivity contribution in [3.05, 3.63) is 82.9 Å². The summed E-state index contributed by atoms with van der Waals surface area (Å²) in [5, 5.41) is 3.98. The van der Waals surface area contributed by atoms with Crippen LogP contribution in [0.5, 0.6) is 0 Å². The van der Waals surface area contributed by atoms with E-state index in [0.717, 1.165) is 84.0 Å². The van der Waals surface area contributed by atoms with Crippen molar-refractivity contribution in [2.45, 2.75) is 294 Å². The quantitative estimate of drug-likeness (QED) is 0.0248. The Labute approximate surface area is 478 Å². The van der Waals surface area contributed by atoms with Gasteiger partial charge in [-0.3, -0.25) is 0 Å². The first kappa shape index (κ1) is 67.6. The van der Waals surface area contributed by atoms with Gasteiger partial charge in [0.25, 0.3) is 0 Å². The zero-order valence-electron chi connectivity index (χ0n) is 47.0. The fraction of sp³-hybridized carbons (Fsp3) is 0.688. The number of fused-ring (bicyclic) bond motifs is 2. The van der Waals surface area contributed by atoms with E-state index < -0.39 is 20.2 Å². The normalized spacial score (nSPS) is 11.8. The van der Waals surface area contributed by atoms with Crippen molar-refractivity contribution in [3.8, 4) is 0 Å². The Morgan fingerprint density at radius 1 is 0.301 bits per heavy atom. The molecule has 4 aromatic carbocycles. The van der Waals surface area contributed by atoms with Crippen molar-refractivity contribution in [2.24, 2.45) is 0 Å². The van der Waals surface area contributed by atoms with Crippen molar-refractivity contribution in [3.63, 3.8) is 0 Å². The third-order valence-electron chi connectivity index (χ3n) is 15.0. The van der Waals surface area contributed by atoms with Crippen LogP contribution < -0.4 is 0 Å². The molecule has 0 heterocycles. The van der Waals surface area contributed by atoms with Gasteiger partial charge in [-0.25, -0.2) is 16.8 Å². The van der Waals surface area contributed by atoms with Crippen molar-refractivity contribution in [2.75, 3.05) is 0 Å². The smallest absolute Gasteiger partial charge is 0.744 e. The molecule has 4 aromatic rings. The maximum absolute atomic E-state index is 12.0. The van der Waals surface area contributed by atoms with Gasteiger partial charge < -0.3 is 9.11 Å². The van der Waals surface area contributed by atoms with Gasteiger partial charge in [-0.15, -0.1) is 0 Å². The van der Waals surface area contributed by atoms with Crippen LogP contribution in [0.4, 0.5) is 0 Å². The van der Waals surface area contributed by atoms with Gasteiger partial charge in [-0.1, -0.05) is 282 Å². The average Bonchev–Trinajstić information content (AvgIpc) is 3.36. The van der Waals surface area contributed by atoms with Gasteiger partial charge in [0, 0.05) is 0 Å². The molecule has 408 valence electrons. The van der Waals surface area contributed by atoms with Crippen LogP contribution in [-0.4, -0.2) is 63.7 Å². The van der Waals surface area contributed by atoms with Crippen molar-refractivity contribution >= 4 is 79.5 Å². The maximum Gasteiger partial charge on any atom is 2.00 e. The second-order valence-electron chi connectivity index (χ2n) is 21.4. The molecule has 0 unspecified atom stereocenters. The van der Waals surface area contributed by atoms with Crippen molar-refractivity contribution in [1.82, 2.24) is 0 Å². The van der Waals surface area contributed by atoms with Crippen LogP contribution in [0.25, 0.3) is 21.5 Å². The van der Waals surface area contributed by atoms with Gasteiger partial charge in [0.1, 0.15) is 20.2 Å². The molecule has 0 fully saturated rings. The van der Waals surface area contributed by atoms with Crippen LogP contribution in [0.15, 0.2) is 70.5 Å². The molecule has 0 aliphatic rings. The second-order valence-corrected chi connectivity index (χ2v) is 24.1. The number of hydrogen-bond donors (Lipinski definition) is 0. The average molecular weight is 1070 g/mol. The molecule has 0 saturated heterocycles. The first-order valence-electron chi connectivity index (χ1n) is 29.9. The fourth-order valence-corrected chi connectivity index (χ4v) is 12.1. The third kappa shape index (κ3) is 29.2. The molecule has 0 atom stereocenters. The zero-order chi connectivity index (χ0) is 52.1. The van der Waals surface area contributed by atoms with Gasteiger partial charge in [-0.2, -0.15) is 0 Å². The summed E-state index contributed by atoms with van der Waals surface area (Å²) in [7, 11) is -8.97. The monoisotopic (exact) mass is 1070 g/mol. The Morgan fingerprint density at radius 3 is 0.767 bits per heavy atom. The molecular weight excluding hydrogens is 969 g/mol. The van der Waals surface area contributed by atoms with E-state index in [4.69, 9.17) is 0 Å². The van der Waals surface area contributed by atoms with E-state index in [-0.39, 0.29) is 47.5 Å². The summed E-state index contributed by atoms with van der Waals surface area (Å²) in [5.74, 6) is 0. The SMILES string of the molecule is CCCCCCCCCCCc1ccc2ccc(S(=O)(=O)[O-])c(CCCCCCCCCCC)c2c1.CCCCCCCCCCCc1ccc2ccc(S(=O)(=O)[O-])c(CCCCCCCCCCC)c2c1.[Ca+2]. The summed E-state index contributed by atoms with van der Waals surface area (Å²) in [6.45, 7) is 8.99. The first-order valence-corrected chi connectivity index (χ1v) is 32.8. The van der Waals surface area contributed by atoms with E-state index in [2.05, 4.69) is 64.1 Å². The van der Waals surface area contributed by atoms with E-state index in [9.17, 15) is 25.9 Å². The van der Waals surface area contributed by atoms with Crippen molar-refractivity contribution in [1.29, 1.82) is 0 Å². The minimum atomic E-state index is -4.48. The van der Waals surface area contributed by atoms with Crippen molar-refractivity contribution < 1.29 is 25.9 Å². The number of hydrogen-bond acceptors (Lipinski definition) is 6. The molecule has 0 aliphatic carbocycles. The first-order chi connectivity index (χ1) is 34.9.